The molecule has 9 heteroatoms. The van der Waals surface area contributed by atoms with Gasteiger partial charge in [-0.2, -0.15) is 10.2 Å². The summed E-state index contributed by atoms with van der Waals surface area (Å²) in [5.74, 6) is 0.186. The molecule has 0 aliphatic carbocycles. The van der Waals surface area contributed by atoms with Crippen LogP contribution in [0.25, 0.3) is 22.3 Å². The number of hydrogen-bond acceptors (Lipinski definition) is 7. The van der Waals surface area contributed by atoms with Gasteiger partial charge in [-0.05, 0) is 42.5 Å². The first-order chi connectivity index (χ1) is 16.7. The van der Waals surface area contributed by atoms with E-state index >= 15 is 0 Å². The average Bonchev–Trinajstić information content (AvgIpc) is 3.37. The van der Waals surface area contributed by atoms with Gasteiger partial charge in [-0.1, -0.05) is 12.1 Å². The Morgan fingerprint density at radius 3 is 2.56 bits per heavy atom. The van der Waals surface area contributed by atoms with Crippen molar-refractivity contribution in [2.45, 2.75) is 0 Å². The maximum Gasteiger partial charge on any atom is 0.252 e. The lowest BCUT2D eigenvalue weighted by atomic mass is 10.1. The molecule has 9 nitrogen and oxygen atoms in total. The maximum absolute atomic E-state index is 12.1. The smallest absolute Gasteiger partial charge is 0.252 e. The molecule has 1 saturated heterocycles. The van der Waals surface area contributed by atoms with E-state index in [0.717, 1.165) is 54.3 Å². The number of fused-ring (bicyclic) bond motifs is 1. The van der Waals surface area contributed by atoms with E-state index in [1.54, 1.807) is 12.1 Å². The number of ether oxygens (including phenoxy) is 1. The Morgan fingerprint density at radius 1 is 1.06 bits per heavy atom. The Labute approximate surface area is 196 Å². The number of amides is 1. The molecule has 5 rings (SSSR count). The molecule has 0 saturated carbocycles. The number of carbonyl (C=O) groups is 1. The first kappa shape index (κ1) is 21.4. The molecule has 1 aliphatic rings. The summed E-state index contributed by atoms with van der Waals surface area (Å²) < 4.78 is 5.43. The first-order valence-corrected chi connectivity index (χ1v) is 11.0. The summed E-state index contributed by atoms with van der Waals surface area (Å²) >= 11 is 0. The van der Waals surface area contributed by atoms with Crippen LogP contribution >= 0.6 is 0 Å². The summed E-state index contributed by atoms with van der Waals surface area (Å²) in [6.45, 7) is 3.25. The quantitative estimate of drug-likeness (QED) is 0.383. The summed E-state index contributed by atoms with van der Waals surface area (Å²) in [5.41, 5.74) is 4.86. The topological polar surface area (TPSA) is 119 Å². The highest BCUT2D eigenvalue weighted by atomic mass is 16.5. The van der Waals surface area contributed by atoms with E-state index in [9.17, 15) is 4.79 Å². The SMILES string of the molecule is N#CCNC(=O)c1ccc(-c2nc(Nc3ccc(N4CCOCC4)cc3)nc3[nH]ccc23)cc1. The molecule has 1 amide bonds. The normalized spacial score (nSPS) is 13.4. The minimum Gasteiger partial charge on any atom is -0.378 e. The predicted molar refractivity (Wildman–Crippen MR) is 130 cm³/mol. The number of hydrogen-bond donors (Lipinski definition) is 3. The van der Waals surface area contributed by atoms with Crippen molar-refractivity contribution in [2.24, 2.45) is 0 Å². The van der Waals surface area contributed by atoms with Crippen molar-refractivity contribution in [1.82, 2.24) is 20.3 Å². The van der Waals surface area contributed by atoms with Gasteiger partial charge in [0.2, 0.25) is 5.95 Å². The second-order valence-corrected chi connectivity index (χ2v) is 7.83. The van der Waals surface area contributed by atoms with Crippen molar-refractivity contribution >= 4 is 34.3 Å². The lowest BCUT2D eigenvalue weighted by Gasteiger charge is -2.28. The van der Waals surface area contributed by atoms with Gasteiger partial charge in [-0.15, -0.1) is 0 Å². The van der Waals surface area contributed by atoms with Crippen molar-refractivity contribution in [3.05, 3.63) is 66.4 Å². The standard InChI is InChI=1S/C25H23N7O2/c26-10-12-28-24(33)18-3-1-17(2-4-18)22-21-9-11-27-23(21)31-25(30-22)29-19-5-7-20(8-6-19)32-13-15-34-16-14-32/h1-9,11H,12-16H2,(H,28,33)(H2,27,29,30,31). The lowest BCUT2D eigenvalue weighted by Crippen LogP contribution is -2.36. The number of nitrogens with zero attached hydrogens (tertiary/aromatic N) is 4. The molecule has 0 unspecified atom stereocenters. The van der Waals surface area contributed by atoms with Crippen molar-refractivity contribution < 1.29 is 9.53 Å². The molecule has 1 fully saturated rings. The van der Waals surface area contributed by atoms with Gasteiger partial charge in [0.15, 0.2) is 0 Å². The van der Waals surface area contributed by atoms with Crippen molar-refractivity contribution in [2.75, 3.05) is 43.1 Å². The van der Waals surface area contributed by atoms with E-state index in [0.29, 0.717) is 17.2 Å². The number of rotatable bonds is 6. The van der Waals surface area contributed by atoms with E-state index < -0.39 is 0 Å². The maximum atomic E-state index is 12.1. The molecular formula is C25H23N7O2. The van der Waals surface area contributed by atoms with Gasteiger partial charge in [0.05, 0.1) is 25.0 Å². The molecule has 0 radical (unpaired) electrons. The van der Waals surface area contributed by atoms with Gasteiger partial charge in [0, 0.05) is 47.2 Å². The fourth-order valence-electron chi connectivity index (χ4n) is 3.92. The number of morpholine rings is 1. The molecular weight excluding hydrogens is 430 g/mol. The average molecular weight is 454 g/mol. The van der Waals surface area contributed by atoms with Crippen LogP contribution in [0.5, 0.6) is 0 Å². The Morgan fingerprint density at radius 2 is 1.82 bits per heavy atom. The molecule has 34 heavy (non-hydrogen) atoms. The van der Waals surface area contributed by atoms with Gasteiger partial charge < -0.3 is 25.3 Å². The Bertz CT molecular complexity index is 1330. The molecule has 1 aliphatic heterocycles. The lowest BCUT2D eigenvalue weighted by molar-refractivity contribution is 0.0958. The van der Waals surface area contributed by atoms with Crippen LogP contribution in [-0.4, -0.2) is 53.7 Å². The van der Waals surface area contributed by atoms with Crippen molar-refractivity contribution in [1.29, 1.82) is 5.26 Å². The second kappa shape index (κ2) is 9.60. The Balaban J connectivity index is 1.39. The number of nitriles is 1. The van der Waals surface area contributed by atoms with E-state index in [2.05, 4.69) is 37.6 Å². The minimum atomic E-state index is -0.287. The second-order valence-electron chi connectivity index (χ2n) is 7.83. The number of carbonyl (C=O) groups excluding carboxylic acids is 1. The fourth-order valence-corrected chi connectivity index (χ4v) is 3.92. The number of H-pyrrole nitrogens is 1. The summed E-state index contributed by atoms with van der Waals surface area (Å²) in [6, 6.07) is 19.2. The highest BCUT2D eigenvalue weighted by Crippen LogP contribution is 2.28. The van der Waals surface area contributed by atoms with Gasteiger partial charge in [0.1, 0.15) is 12.2 Å². The molecule has 4 aromatic rings. The molecule has 2 aromatic heterocycles. The Hall–Kier alpha value is -4.42. The van der Waals surface area contributed by atoms with Gasteiger partial charge >= 0.3 is 0 Å². The molecule has 0 bridgehead atoms. The summed E-state index contributed by atoms with van der Waals surface area (Å²) in [4.78, 5) is 26.9. The zero-order chi connectivity index (χ0) is 23.3. The number of anilines is 3. The van der Waals surface area contributed by atoms with Gasteiger partial charge in [-0.3, -0.25) is 4.79 Å². The molecule has 170 valence electrons. The van der Waals surface area contributed by atoms with Crippen LogP contribution in [0.15, 0.2) is 60.8 Å². The van der Waals surface area contributed by atoms with Crippen LogP contribution in [0, 0.1) is 11.3 Å². The van der Waals surface area contributed by atoms with E-state index in [-0.39, 0.29) is 12.5 Å². The van der Waals surface area contributed by atoms with Crippen LogP contribution in [0.4, 0.5) is 17.3 Å². The summed E-state index contributed by atoms with van der Waals surface area (Å²) in [6.07, 6.45) is 1.83. The largest absolute Gasteiger partial charge is 0.378 e. The number of benzene rings is 2. The van der Waals surface area contributed by atoms with Crippen LogP contribution < -0.4 is 15.5 Å². The van der Waals surface area contributed by atoms with E-state index in [1.807, 2.05) is 42.6 Å². The minimum absolute atomic E-state index is 0.0288. The molecule has 3 heterocycles. The van der Waals surface area contributed by atoms with Crippen LogP contribution in [0.1, 0.15) is 10.4 Å². The van der Waals surface area contributed by atoms with Crippen molar-refractivity contribution in [3.63, 3.8) is 0 Å². The highest BCUT2D eigenvalue weighted by molar-refractivity contribution is 5.96. The van der Waals surface area contributed by atoms with Crippen molar-refractivity contribution in [3.8, 4) is 17.3 Å². The summed E-state index contributed by atoms with van der Waals surface area (Å²) in [5, 5.41) is 15.4. The third kappa shape index (κ3) is 4.53. The molecule has 3 N–H and O–H groups in total. The number of aromatic nitrogens is 3. The highest BCUT2D eigenvalue weighted by Gasteiger charge is 2.14. The molecule has 0 spiro atoms. The number of aromatic amines is 1. The third-order valence-electron chi connectivity index (χ3n) is 5.66. The first-order valence-electron chi connectivity index (χ1n) is 11.0. The number of nitrogens with one attached hydrogen (secondary N) is 3. The van der Waals surface area contributed by atoms with Gasteiger partial charge in [0.25, 0.3) is 5.91 Å². The third-order valence-corrected chi connectivity index (χ3v) is 5.66. The zero-order valence-corrected chi connectivity index (χ0v) is 18.4. The monoisotopic (exact) mass is 453 g/mol. The summed E-state index contributed by atoms with van der Waals surface area (Å²) in [7, 11) is 0. The fraction of sp³-hybridized carbons (Fsp3) is 0.200. The van der Waals surface area contributed by atoms with Crippen LogP contribution in [0.2, 0.25) is 0 Å². The zero-order valence-electron chi connectivity index (χ0n) is 18.4. The van der Waals surface area contributed by atoms with E-state index in [1.165, 1.54) is 0 Å². The van der Waals surface area contributed by atoms with Gasteiger partial charge in [-0.25, -0.2) is 4.98 Å². The predicted octanol–water partition coefficient (Wildman–Crippen LogP) is 3.46. The van der Waals surface area contributed by atoms with E-state index in [4.69, 9.17) is 15.0 Å². The van der Waals surface area contributed by atoms with Crippen LogP contribution in [0.3, 0.4) is 0 Å². The Kier molecular flexibility index (Phi) is 6.05. The van der Waals surface area contributed by atoms with Crippen LogP contribution in [-0.2, 0) is 4.74 Å². The molecule has 2 aromatic carbocycles. The molecule has 0 atom stereocenters.